The molecule has 1 aromatic rings. The molecule has 2 aliphatic rings. The molecule has 138 valence electrons. The van der Waals surface area contributed by atoms with Crippen molar-refractivity contribution in [1.82, 2.24) is 0 Å². The Bertz CT molecular complexity index is 802. The van der Waals surface area contributed by atoms with E-state index in [1.165, 1.54) is 23.1 Å². The largest absolute Gasteiger partial charge is 0.494 e. The molecular weight excluding hydrogens is 322 g/mol. The molecule has 1 atom stereocenters. The summed E-state index contributed by atoms with van der Waals surface area (Å²) in [6.45, 7) is 8.89. The van der Waals surface area contributed by atoms with Crippen LogP contribution in [-0.4, -0.2) is 12.4 Å². The summed E-state index contributed by atoms with van der Waals surface area (Å²) in [6, 6.07) is 6.56. The van der Waals surface area contributed by atoms with Crippen LogP contribution in [0.15, 0.2) is 58.6 Å². The number of hydrogen-bond acceptors (Lipinski definition) is 4. The number of fused-ring (bicyclic) bond motifs is 1. The fourth-order valence-corrected chi connectivity index (χ4v) is 4.17. The van der Waals surface area contributed by atoms with E-state index in [-0.39, 0.29) is 5.92 Å². The Morgan fingerprint density at radius 3 is 2.85 bits per heavy atom. The third-order valence-electron chi connectivity index (χ3n) is 5.24. The molecule has 1 aromatic carbocycles. The molecule has 1 aliphatic heterocycles. The summed E-state index contributed by atoms with van der Waals surface area (Å²) in [5.74, 6) is 1.11. The zero-order valence-corrected chi connectivity index (χ0v) is 15.8. The molecule has 0 saturated carbocycles. The number of aryl methyl sites for hydroxylation is 1. The van der Waals surface area contributed by atoms with Gasteiger partial charge in [0.25, 0.3) is 0 Å². The van der Waals surface area contributed by atoms with Crippen LogP contribution < -0.4 is 11.5 Å². The molecule has 1 unspecified atom stereocenters. The van der Waals surface area contributed by atoms with E-state index >= 15 is 0 Å². The van der Waals surface area contributed by atoms with Crippen molar-refractivity contribution >= 4 is 5.84 Å². The van der Waals surface area contributed by atoms with Gasteiger partial charge in [0.05, 0.1) is 12.3 Å². The number of ether oxygens (including phenoxy) is 1. The van der Waals surface area contributed by atoms with Gasteiger partial charge in [0.15, 0.2) is 0 Å². The monoisotopic (exact) mass is 351 g/mol. The molecule has 4 N–H and O–H groups in total. The lowest BCUT2D eigenvalue weighted by Crippen LogP contribution is -2.28. The van der Waals surface area contributed by atoms with Gasteiger partial charge in [0.1, 0.15) is 11.6 Å². The smallest absolute Gasteiger partial charge is 0.129 e. The lowest BCUT2D eigenvalue weighted by molar-refractivity contribution is 0.236. The third-order valence-corrected chi connectivity index (χ3v) is 5.24. The van der Waals surface area contributed by atoms with Gasteiger partial charge in [0.2, 0.25) is 0 Å². The molecule has 26 heavy (non-hydrogen) atoms. The maximum absolute atomic E-state index is 6.32. The van der Waals surface area contributed by atoms with Gasteiger partial charge in [-0.1, -0.05) is 38.1 Å². The Labute approximate surface area is 156 Å². The summed E-state index contributed by atoms with van der Waals surface area (Å²) in [5, 5.41) is 0. The highest BCUT2D eigenvalue weighted by atomic mass is 16.5. The van der Waals surface area contributed by atoms with Crippen LogP contribution in [0.2, 0.25) is 0 Å². The van der Waals surface area contributed by atoms with E-state index in [0.29, 0.717) is 18.2 Å². The summed E-state index contributed by atoms with van der Waals surface area (Å²) in [6.07, 6.45) is 6.84. The van der Waals surface area contributed by atoms with E-state index in [2.05, 4.69) is 36.7 Å². The number of benzene rings is 1. The molecule has 4 nitrogen and oxygen atoms in total. The molecule has 3 rings (SSSR count). The molecule has 0 amide bonds. The van der Waals surface area contributed by atoms with Gasteiger partial charge in [-0.3, -0.25) is 0 Å². The normalized spacial score (nSPS) is 20.9. The van der Waals surface area contributed by atoms with Crippen LogP contribution in [0, 0.1) is 0 Å². The number of rotatable bonds is 6. The maximum Gasteiger partial charge on any atom is 0.129 e. The van der Waals surface area contributed by atoms with Gasteiger partial charge in [-0.15, -0.1) is 0 Å². The van der Waals surface area contributed by atoms with E-state index < -0.39 is 0 Å². The van der Waals surface area contributed by atoms with E-state index in [4.69, 9.17) is 16.2 Å². The van der Waals surface area contributed by atoms with Crippen LogP contribution in [0.25, 0.3) is 0 Å². The molecule has 0 radical (unpaired) electrons. The molecule has 0 fully saturated rings. The van der Waals surface area contributed by atoms with Gasteiger partial charge in [-0.05, 0) is 49.3 Å². The minimum Gasteiger partial charge on any atom is -0.494 e. The van der Waals surface area contributed by atoms with Crippen LogP contribution in [0.3, 0.4) is 0 Å². The van der Waals surface area contributed by atoms with E-state index in [1.54, 1.807) is 6.20 Å². The number of aliphatic imine (C=N–C) groups is 1. The highest BCUT2D eigenvalue weighted by Crippen LogP contribution is 2.44. The Morgan fingerprint density at radius 2 is 2.15 bits per heavy atom. The van der Waals surface area contributed by atoms with Crippen molar-refractivity contribution in [3.8, 4) is 0 Å². The standard InChI is InChI=1S/C22H29N3O/c1-4-8-19-20(14(3)26-5-2)21(18(13-23)22(24)25-19)17-12-7-10-15-9-6-11-16(15)17/h7,10,12-13,21H,3-6,8-9,11,23H2,1-2H3,(H2,24,25)/b18-13-. The molecule has 4 heteroatoms. The van der Waals surface area contributed by atoms with Crippen molar-refractivity contribution in [1.29, 1.82) is 0 Å². The van der Waals surface area contributed by atoms with E-state index in [1.807, 2.05) is 6.92 Å². The van der Waals surface area contributed by atoms with Crippen LogP contribution in [-0.2, 0) is 17.6 Å². The quantitative estimate of drug-likeness (QED) is 0.759. The molecule has 1 heterocycles. The number of hydrogen-bond donors (Lipinski definition) is 2. The Kier molecular flexibility index (Phi) is 5.50. The summed E-state index contributed by atoms with van der Waals surface area (Å²) in [5.41, 5.74) is 19.3. The Balaban J connectivity index is 2.23. The summed E-state index contributed by atoms with van der Waals surface area (Å²) in [4.78, 5) is 4.66. The second kappa shape index (κ2) is 7.81. The first kappa shape index (κ1) is 18.3. The molecule has 0 bridgehead atoms. The fraction of sp³-hybridized carbons (Fsp3) is 0.409. The first-order valence-electron chi connectivity index (χ1n) is 9.54. The molecule has 0 saturated heterocycles. The topological polar surface area (TPSA) is 73.6 Å². The van der Waals surface area contributed by atoms with Crippen LogP contribution >= 0.6 is 0 Å². The van der Waals surface area contributed by atoms with Gasteiger partial charge >= 0.3 is 0 Å². The number of allylic oxidation sites excluding steroid dienone is 2. The SMILES string of the molecule is C=C(OCC)C1=C(CCC)N=C(N)/C(=C\N)C1c1cccc2c1CCC2. The van der Waals surface area contributed by atoms with Gasteiger partial charge in [-0.2, -0.15) is 0 Å². The average molecular weight is 351 g/mol. The van der Waals surface area contributed by atoms with Crippen molar-refractivity contribution in [2.75, 3.05) is 6.61 Å². The van der Waals surface area contributed by atoms with Crippen LogP contribution in [0.4, 0.5) is 0 Å². The molecule has 1 aliphatic carbocycles. The number of nitrogens with two attached hydrogens (primary N) is 2. The number of nitrogens with zero attached hydrogens (tertiary/aromatic N) is 1. The first-order chi connectivity index (χ1) is 12.6. The summed E-state index contributed by atoms with van der Waals surface area (Å²) < 4.78 is 5.83. The zero-order chi connectivity index (χ0) is 18.7. The summed E-state index contributed by atoms with van der Waals surface area (Å²) in [7, 11) is 0. The van der Waals surface area contributed by atoms with Crippen molar-refractivity contribution in [3.63, 3.8) is 0 Å². The van der Waals surface area contributed by atoms with E-state index in [9.17, 15) is 0 Å². The fourth-order valence-electron chi connectivity index (χ4n) is 4.17. The minimum absolute atomic E-state index is 0.0638. The number of amidine groups is 1. The lowest BCUT2D eigenvalue weighted by atomic mass is 9.77. The molecule has 0 aromatic heterocycles. The molecular formula is C22H29N3O. The predicted octanol–water partition coefficient (Wildman–Crippen LogP) is 4.08. The summed E-state index contributed by atoms with van der Waals surface area (Å²) >= 11 is 0. The van der Waals surface area contributed by atoms with Gasteiger partial charge in [-0.25, -0.2) is 4.99 Å². The highest BCUT2D eigenvalue weighted by molar-refractivity contribution is 6.01. The van der Waals surface area contributed by atoms with Crippen molar-refractivity contribution in [2.24, 2.45) is 16.5 Å². The van der Waals surface area contributed by atoms with Crippen LogP contribution in [0.1, 0.15) is 55.7 Å². The third kappa shape index (κ3) is 3.16. The second-order valence-electron chi connectivity index (χ2n) is 6.86. The maximum atomic E-state index is 6.32. The van der Waals surface area contributed by atoms with Gasteiger partial charge in [0, 0.05) is 23.3 Å². The first-order valence-corrected chi connectivity index (χ1v) is 9.54. The Morgan fingerprint density at radius 1 is 1.35 bits per heavy atom. The lowest BCUT2D eigenvalue weighted by Gasteiger charge is -2.31. The second-order valence-corrected chi connectivity index (χ2v) is 6.86. The molecule has 0 spiro atoms. The van der Waals surface area contributed by atoms with E-state index in [0.717, 1.165) is 42.5 Å². The van der Waals surface area contributed by atoms with Crippen molar-refractivity contribution in [2.45, 2.75) is 51.9 Å². The average Bonchev–Trinajstić information content (AvgIpc) is 3.10. The Hall–Kier alpha value is -2.49. The van der Waals surface area contributed by atoms with Crippen molar-refractivity contribution in [3.05, 3.63) is 70.3 Å². The minimum atomic E-state index is -0.0638. The van der Waals surface area contributed by atoms with Gasteiger partial charge < -0.3 is 16.2 Å². The predicted molar refractivity (Wildman–Crippen MR) is 108 cm³/mol. The highest BCUT2D eigenvalue weighted by Gasteiger charge is 2.34. The zero-order valence-electron chi connectivity index (χ0n) is 15.8. The van der Waals surface area contributed by atoms with Crippen LogP contribution in [0.5, 0.6) is 0 Å². The van der Waals surface area contributed by atoms with Crippen molar-refractivity contribution < 1.29 is 4.74 Å².